The third-order valence-electron chi connectivity index (χ3n) is 6.15. The van der Waals surface area contributed by atoms with E-state index in [-0.39, 0.29) is 11.9 Å². The summed E-state index contributed by atoms with van der Waals surface area (Å²) in [6.07, 6.45) is 13.7. The number of nitrogens with one attached hydrogen (secondary N) is 1. The lowest BCUT2D eigenvalue weighted by molar-refractivity contribution is 0.0671. The van der Waals surface area contributed by atoms with Gasteiger partial charge in [0.25, 0.3) is 5.91 Å². The molecular weight excluding hydrogens is 408 g/mol. The van der Waals surface area contributed by atoms with Crippen molar-refractivity contribution in [2.75, 3.05) is 38.1 Å². The number of nitrogens with zero attached hydrogens (tertiary/aromatic N) is 5. The molecule has 2 aromatic heterocycles. The van der Waals surface area contributed by atoms with Gasteiger partial charge in [-0.1, -0.05) is 32.1 Å². The Morgan fingerprint density at radius 2 is 1.75 bits per heavy atom. The van der Waals surface area contributed by atoms with E-state index in [0.29, 0.717) is 49.9 Å². The Labute approximate surface area is 188 Å². The Kier molecular flexibility index (Phi) is 7.47. The molecule has 2 aromatic rings. The number of aromatic nitrogens is 3. The highest BCUT2D eigenvalue weighted by Gasteiger charge is 2.25. The van der Waals surface area contributed by atoms with Crippen LogP contribution >= 0.6 is 0 Å². The van der Waals surface area contributed by atoms with Crippen molar-refractivity contribution in [1.29, 1.82) is 0 Å². The van der Waals surface area contributed by atoms with E-state index in [1.807, 2.05) is 0 Å². The number of hydrogen-bond donors (Lipinski definition) is 1. The SMILES string of the molecule is O=C(Nc1cncnc1)N1CCN(C(=O)c2ccnc(OCCC3CCCCC3)c2)CC1. The highest BCUT2D eigenvalue weighted by molar-refractivity contribution is 5.95. The van der Waals surface area contributed by atoms with Crippen molar-refractivity contribution in [1.82, 2.24) is 24.8 Å². The summed E-state index contributed by atoms with van der Waals surface area (Å²) in [6, 6.07) is 3.21. The van der Waals surface area contributed by atoms with Gasteiger partial charge in [-0.2, -0.15) is 0 Å². The summed E-state index contributed by atoms with van der Waals surface area (Å²) in [5.41, 5.74) is 1.11. The maximum Gasteiger partial charge on any atom is 0.322 e. The van der Waals surface area contributed by atoms with Gasteiger partial charge in [0.2, 0.25) is 5.88 Å². The predicted octanol–water partition coefficient (Wildman–Crippen LogP) is 3.21. The number of carbonyl (C=O) groups is 2. The lowest BCUT2D eigenvalue weighted by Gasteiger charge is -2.34. The molecule has 0 bridgehead atoms. The number of carbonyl (C=O) groups excluding carboxylic acids is 2. The topological polar surface area (TPSA) is 101 Å². The third-order valence-corrected chi connectivity index (χ3v) is 6.15. The zero-order chi connectivity index (χ0) is 22.2. The monoisotopic (exact) mass is 438 g/mol. The van der Waals surface area contributed by atoms with Crippen LogP contribution in [0.3, 0.4) is 0 Å². The predicted molar refractivity (Wildman–Crippen MR) is 119 cm³/mol. The van der Waals surface area contributed by atoms with Crippen LogP contribution in [0.2, 0.25) is 0 Å². The second kappa shape index (κ2) is 10.9. The molecule has 32 heavy (non-hydrogen) atoms. The second-order valence-electron chi connectivity index (χ2n) is 8.36. The first-order valence-corrected chi connectivity index (χ1v) is 11.4. The summed E-state index contributed by atoms with van der Waals surface area (Å²) in [4.78, 5) is 40.8. The molecule has 2 aliphatic rings. The third kappa shape index (κ3) is 5.93. The molecule has 0 unspecified atom stereocenters. The van der Waals surface area contributed by atoms with Crippen LogP contribution in [-0.4, -0.2) is 69.5 Å². The minimum absolute atomic E-state index is 0.0685. The molecule has 0 radical (unpaired) electrons. The Hall–Kier alpha value is -3.23. The van der Waals surface area contributed by atoms with Crippen LogP contribution < -0.4 is 10.1 Å². The molecule has 9 heteroatoms. The molecular formula is C23H30N6O3. The first kappa shape index (κ1) is 22.0. The Balaban J connectivity index is 1.24. The fourth-order valence-corrected chi connectivity index (χ4v) is 4.29. The van der Waals surface area contributed by atoms with E-state index in [1.165, 1.54) is 38.4 Å². The van der Waals surface area contributed by atoms with Crippen molar-refractivity contribution in [2.24, 2.45) is 5.92 Å². The average Bonchev–Trinajstić information content (AvgIpc) is 2.85. The quantitative estimate of drug-likeness (QED) is 0.743. The van der Waals surface area contributed by atoms with Crippen molar-refractivity contribution < 1.29 is 14.3 Å². The number of urea groups is 1. The maximum atomic E-state index is 12.9. The molecule has 3 amide bonds. The number of rotatable bonds is 6. The van der Waals surface area contributed by atoms with E-state index in [2.05, 4.69) is 20.3 Å². The van der Waals surface area contributed by atoms with Crippen LogP contribution in [0.15, 0.2) is 37.1 Å². The van der Waals surface area contributed by atoms with Crippen molar-refractivity contribution in [3.8, 4) is 5.88 Å². The molecule has 1 saturated heterocycles. The summed E-state index contributed by atoms with van der Waals surface area (Å²) in [5.74, 6) is 1.17. The van der Waals surface area contributed by atoms with Crippen molar-refractivity contribution in [3.63, 3.8) is 0 Å². The van der Waals surface area contributed by atoms with Gasteiger partial charge in [-0.05, 0) is 18.4 Å². The highest BCUT2D eigenvalue weighted by atomic mass is 16.5. The van der Waals surface area contributed by atoms with E-state index in [0.717, 1.165) is 12.3 Å². The van der Waals surface area contributed by atoms with E-state index in [1.54, 1.807) is 40.5 Å². The van der Waals surface area contributed by atoms with Crippen LogP contribution in [0.1, 0.15) is 48.9 Å². The second-order valence-corrected chi connectivity index (χ2v) is 8.36. The number of ether oxygens (including phenoxy) is 1. The van der Waals surface area contributed by atoms with E-state index in [4.69, 9.17) is 4.74 Å². The first-order valence-electron chi connectivity index (χ1n) is 11.4. The molecule has 3 heterocycles. The van der Waals surface area contributed by atoms with Gasteiger partial charge in [-0.3, -0.25) is 4.79 Å². The number of anilines is 1. The van der Waals surface area contributed by atoms with Gasteiger partial charge in [0.15, 0.2) is 0 Å². The van der Waals surface area contributed by atoms with Gasteiger partial charge in [0, 0.05) is 44.0 Å². The Morgan fingerprint density at radius 1 is 1.03 bits per heavy atom. The van der Waals surface area contributed by atoms with Gasteiger partial charge < -0.3 is 19.9 Å². The zero-order valence-electron chi connectivity index (χ0n) is 18.3. The fraction of sp³-hybridized carbons (Fsp3) is 0.522. The van der Waals surface area contributed by atoms with E-state index < -0.39 is 0 Å². The smallest absolute Gasteiger partial charge is 0.322 e. The van der Waals surface area contributed by atoms with E-state index in [9.17, 15) is 9.59 Å². The summed E-state index contributed by atoms with van der Waals surface area (Å²) in [6.45, 7) is 2.49. The molecule has 170 valence electrons. The van der Waals surface area contributed by atoms with Gasteiger partial charge in [-0.25, -0.2) is 19.7 Å². The van der Waals surface area contributed by atoms with E-state index >= 15 is 0 Å². The molecule has 1 aliphatic carbocycles. The van der Waals surface area contributed by atoms with Gasteiger partial charge in [-0.15, -0.1) is 0 Å². The van der Waals surface area contributed by atoms with Crippen molar-refractivity contribution >= 4 is 17.6 Å². The molecule has 9 nitrogen and oxygen atoms in total. The lowest BCUT2D eigenvalue weighted by atomic mass is 9.87. The summed E-state index contributed by atoms with van der Waals surface area (Å²) >= 11 is 0. The number of amides is 3. The number of hydrogen-bond acceptors (Lipinski definition) is 6. The summed E-state index contributed by atoms with van der Waals surface area (Å²) < 4.78 is 5.84. The van der Waals surface area contributed by atoms with Crippen LogP contribution in [0.5, 0.6) is 5.88 Å². The standard InChI is InChI=1S/C23H30N6O3/c30-22(19-6-8-26-21(14-19)32-13-7-18-4-2-1-3-5-18)28-9-11-29(12-10-28)23(31)27-20-15-24-17-25-16-20/h6,8,14-18H,1-5,7,9-13H2,(H,27,31). The summed E-state index contributed by atoms with van der Waals surface area (Å²) in [7, 11) is 0. The first-order chi connectivity index (χ1) is 15.7. The molecule has 4 rings (SSSR count). The van der Waals surface area contributed by atoms with Gasteiger partial charge in [0.05, 0.1) is 24.7 Å². The average molecular weight is 439 g/mol. The van der Waals surface area contributed by atoms with Crippen molar-refractivity contribution in [3.05, 3.63) is 42.6 Å². The number of piperazine rings is 1. The minimum atomic E-state index is -0.218. The fourth-order valence-electron chi connectivity index (χ4n) is 4.29. The highest BCUT2D eigenvalue weighted by Crippen LogP contribution is 2.26. The van der Waals surface area contributed by atoms with Gasteiger partial charge in [0.1, 0.15) is 6.33 Å². The van der Waals surface area contributed by atoms with Crippen LogP contribution in [0.25, 0.3) is 0 Å². The molecule has 0 atom stereocenters. The van der Waals surface area contributed by atoms with Gasteiger partial charge >= 0.3 is 6.03 Å². The van der Waals surface area contributed by atoms with Crippen LogP contribution in [0.4, 0.5) is 10.5 Å². The largest absolute Gasteiger partial charge is 0.478 e. The minimum Gasteiger partial charge on any atom is -0.478 e. The number of pyridine rings is 1. The maximum absolute atomic E-state index is 12.9. The zero-order valence-corrected chi connectivity index (χ0v) is 18.3. The molecule has 2 fully saturated rings. The molecule has 1 N–H and O–H groups in total. The molecule has 0 spiro atoms. The van der Waals surface area contributed by atoms with Crippen LogP contribution in [0, 0.1) is 5.92 Å². The van der Waals surface area contributed by atoms with Crippen LogP contribution in [-0.2, 0) is 0 Å². The summed E-state index contributed by atoms with van der Waals surface area (Å²) in [5, 5.41) is 2.77. The molecule has 1 aliphatic heterocycles. The van der Waals surface area contributed by atoms with Crippen molar-refractivity contribution in [2.45, 2.75) is 38.5 Å². The normalized spacial score (nSPS) is 17.1. The Bertz CT molecular complexity index is 896. The Morgan fingerprint density at radius 3 is 2.50 bits per heavy atom. The lowest BCUT2D eigenvalue weighted by Crippen LogP contribution is -2.51. The molecule has 0 aromatic carbocycles. The molecule has 1 saturated carbocycles.